The van der Waals surface area contributed by atoms with E-state index in [-0.39, 0.29) is 29.8 Å². The second kappa shape index (κ2) is 9.23. The van der Waals surface area contributed by atoms with Crippen molar-refractivity contribution in [3.8, 4) is 0 Å². The van der Waals surface area contributed by atoms with E-state index >= 15 is 0 Å². The number of hydrogen-bond donors (Lipinski definition) is 1. The van der Waals surface area contributed by atoms with Crippen molar-refractivity contribution >= 4 is 23.3 Å². The average Bonchev–Trinajstić information content (AvgIpc) is 3.13. The Morgan fingerprint density at radius 2 is 1.60 bits per heavy atom. The van der Waals surface area contributed by atoms with E-state index in [1.54, 1.807) is 17.2 Å². The summed E-state index contributed by atoms with van der Waals surface area (Å²) in [5.41, 5.74) is 2.86. The van der Waals surface area contributed by atoms with Crippen molar-refractivity contribution in [3.05, 3.63) is 84.1 Å². The molecule has 3 aliphatic heterocycles. The van der Waals surface area contributed by atoms with E-state index in [4.69, 9.17) is 0 Å². The molecule has 1 aromatic heterocycles. The molecule has 3 aromatic rings. The number of nitrogens with one attached hydrogen (secondary N) is 1. The third kappa shape index (κ3) is 4.10. The van der Waals surface area contributed by atoms with Gasteiger partial charge in [0.15, 0.2) is 5.82 Å². The Morgan fingerprint density at radius 3 is 2.20 bits per heavy atom. The summed E-state index contributed by atoms with van der Waals surface area (Å²) < 4.78 is 0. The van der Waals surface area contributed by atoms with Crippen LogP contribution in [-0.2, 0) is 4.79 Å². The normalized spacial score (nSPS) is 23.5. The predicted octanol–water partition coefficient (Wildman–Crippen LogP) is 3.91. The molecule has 0 aliphatic carbocycles. The summed E-state index contributed by atoms with van der Waals surface area (Å²) in [4.78, 5) is 30.2. The SMILES string of the molecule is O=C(C1CNC1)N(c1ccc(C2CC3CCC(C2)N3C(=O)c2ccccc2)cc1)c1cccnn1. The molecule has 4 heterocycles. The number of carbonyl (C=O) groups excluding carboxylic acids is 2. The van der Waals surface area contributed by atoms with Gasteiger partial charge in [-0.2, -0.15) is 5.10 Å². The summed E-state index contributed by atoms with van der Waals surface area (Å²) in [7, 11) is 0. The maximum atomic E-state index is 13.2. The topological polar surface area (TPSA) is 78.4 Å². The molecule has 178 valence electrons. The fraction of sp³-hybridized carbons (Fsp3) is 0.357. The van der Waals surface area contributed by atoms with E-state index in [2.05, 4.69) is 32.5 Å². The molecule has 7 nitrogen and oxygen atoms in total. The van der Waals surface area contributed by atoms with E-state index < -0.39 is 0 Å². The lowest BCUT2D eigenvalue weighted by Crippen LogP contribution is -2.51. The van der Waals surface area contributed by atoms with E-state index in [0.29, 0.717) is 24.8 Å². The summed E-state index contributed by atoms with van der Waals surface area (Å²) in [6.07, 6.45) is 5.72. The minimum Gasteiger partial charge on any atom is -0.333 e. The lowest BCUT2D eigenvalue weighted by Gasteiger charge is -2.39. The quantitative estimate of drug-likeness (QED) is 0.616. The van der Waals surface area contributed by atoms with Crippen LogP contribution in [-0.4, -0.2) is 52.1 Å². The molecular weight excluding hydrogens is 438 g/mol. The molecule has 3 aliphatic rings. The van der Waals surface area contributed by atoms with Crippen LogP contribution in [0.2, 0.25) is 0 Å². The largest absolute Gasteiger partial charge is 0.333 e. The number of nitrogens with zero attached hydrogens (tertiary/aromatic N) is 4. The van der Waals surface area contributed by atoms with Gasteiger partial charge in [0.2, 0.25) is 5.91 Å². The van der Waals surface area contributed by atoms with Gasteiger partial charge in [-0.25, -0.2) is 0 Å². The Labute approximate surface area is 205 Å². The Morgan fingerprint density at radius 1 is 0.886 bits per heavy atom. The highest BCUT2D eigenvalue weighted by atomic mass is 16.2. The molecule has 3 saturated heterocycles. The number of fused-ring (bicyclic) bond motifs is 2. The number of hydrogen-bond acceptors (Lipinski definition) is 5. The highest BCUT2D eigenvalue weighted by molar-refractivity contribution is 6.01. The first-order chi connectivity index (χ1) is 17.2. The minimum absolute atomic E-state index is 0.0428. The highest BCUT2D eigenvalue weighted by Crippen LogP contribution is 2.44. The summed E-state index contributed by atoms with van der Waals surface area (Å²) in [5, 5.41) is 11.4. The molecule has 2 amide bonds. The van der Waals surface area contributed by atoms with Crippen molar-refractivity contribution in [1.29, 1.82) is 0 Å². The van der Waals surface area contributed by atoms with Crippen LogP contribution in [0, 0.1) is 5.92 Å². The van der Waals surface area contributed by atoms with Gasteiger partial charge in [-0.05, 0) is 73.6 Å². The van der Waals surface area contributed by atoms with Gasteiger partial charge in [0, 0.05) is 36.9 Å². The van der Waals surface area contributed by atoms with Crippen molar-refractivity contribution in [2.24, 2.45) is 5.92 Å². The van der Waals surface area contributed by atoms with Gasteiger partial charge >= 0.3 is 0 Å². The third-order valence-corrected chi connectivity index (χ3v) is 7.75. The number of benzene rings is 2. The molecule has 1 N–H and O–H groups in total. The van der Waals surface area contributed by atoms with Crippen molar-refractivity contribution in [2.75, 3.05) is 18.0 Å². The number of piperidine rings is 1. The van der Waals surface area contributed by atoms with Gasteiger partial charge in [0.1, 0.15) is 0 Å². The van der Waals surface area contributed by atoms with Crippen molar-refractivity contribution in [3.63, 3.8) is 0 Å². The van der Waals surface area contributed by atoms with Gasteiger partial charge < -0.3 is 10.2 Å². The van der Waals surface area contributed by atoms with Crippen LogP contribution < -0.4 is 10.2 Å². The fourth-order valence-electron chi connectivity index (χ4n) is 5.84. The van der Waals surface area contributed by atoms with Crippen LogP contribution >= 0.6 is 0 Å². The summed E-state index contributed by atoms with van der Waals surface area (Å²) in [6, 6.07) is 22.2. The summed E-state index contributed by atoms with van der Waals surface area (Å²) in [6.45, 7) is 1.38. The molecule has 2 unspecified atom stereocenters. The number of aromatic nitrogens is 2. The molecule has 3 fully saturated rings. The Kier molecular flexibility index (Phi) is 5.78. The Balaban J connectivity index is 1.20. The van der Waals surface area contributed by atoms with Crippen molar-refractivity contribution < 1.29 is 9.59 Å². The van der Waals surface area contributed by atoms with E-state index in [9.17, 15) is 9.59 Å². The molecule has 0 radical (unpaired) electrons. The second-order valence-corrected chi connectivity index (χ2v) is 9.83. The molecule has 0 spiro atoms. The minimum atomic E-state index is -0.0428. The Hall–Kier alpha value is -3.58. The number of rotatable bonds is 5. The lowest BCUT2D eigenvalue weighted by molar-refractivity contribution is -0.123. The molecule has 0 saturated carbocycles. The number of amides is 2. The maximum Gasteiger partial charge on any atom is 0.254 e. The second-order valence-electron chi connectivity index (χ2n) is 9.83. The van der Waals surface area contributed by atoms with Crippen LogP contribution in [0.1, 0.15) is 47.5 Å². The Bertz CT molecular complexity index is 1180. The molecule has 7 heteroatoms. The lowest BCUT2D eigenvalue weighted by atomic mass is 9.84. The molecule has 6 rings (SSSR count). The smallest absolute Gasteiger partial charge is 0.254 e. The number of carbonyl (C=O) groups is 2. The predicted molar refractivity (Wildman–Crippen MR) is 133 cm³/mol. The standard InChI is InChI=1S/C28H29N5O2/c34-27(20-5-2-1-3-6-20)32-24-12-13-25(32)16-21(15-24)19-8-10-23(11-9-19)33(26-7-4-14-30-31-26)28(35)22-17-29-18-22/h1-11,14,21-22,24-25,29H,12-13,15-18H2. The van der Waals surface area contributed by atoms with E-state index in [1.165, 1.54) is 5.56 Å². The molecular formula is C28H29N5O2. The van der Waals surface area contributed by atoms with Gasteiger partial charge in [0.25, 0.3) is 5.91 Å². The maximum absolute atomic E-state index is 13.2. The molecule has 2 aromatic carbocycles. The van der Waals surface area contributed by atoms with Crippen LogP contribution in [0.5, 0.6) is 0 Å². The van der Waals surface area contributed by atoms with Gasteiger partial charge in [-0.3, -0.25) is 14.5 Å². The summed E-state index contributed by atoms with van der Waals surface area (Å²) >= 11 is 0. The van der Waals surface area contributed by atoms with Gasteiger partial charge in [-0.15, -0.1) is 5.10 Å². The molecule has 2 atom stereocenters. The van der Waals surface area contributed by atoms with Crippen LogP contribution in [0.4, 0.5) is 11.5 Å². The first-order valence-electron chi connectivity index (χ1n) is 12.5. The first kappa shape index (κ1) is 21.9. The van der Waals surface area contributed by atoms with Crippen molar-refractivity contribution in [1.82, 2.24) is 20.4 Å². The van der Waals surface area contributed by atoms with Crippen LogP contribution in [0.25, 0.3) is 0 Å². The van der Waals surface area contributed by atoms with Crippen molar-refractivity contribution in [2.45, 2.75) is 43.7 Å². The zero-order valence-corrected chi connectivity index (χ0v) is 19.6. The van der Waals surface area contributed by atoms with E-state index in [0.717, 1.165) is 36.9 Å². The third-order valence-electron chi connectivity index (χ3n) is 7.75. The van der Waals surface area contributed by atoms with E-state index in [1.807, 2.05) is 48.5 Å². The van der Waals surface area contributed by atoms with Gasteiger partial charge in [0.05, 0.1) is 11.6 Å². The summed E-state index contributed by atoms with van der Waals surface area (Å²) in [5.74, 6) is 1.12. The zero-order chi connectivity index (χ0) is 23.8. The average molecular weight is 468 g/mol. The van der Waals surface area contributed by atoms with Gasteiger partial charge in [-0.1, -0.05) is 30.3 Å². The number of anilines is 2. The highest BCUT2D eigenvalue weighted by Gasteiger charge is 2.43. The fourth-order valence-corrected chi connectivity index (χ4v) is 5.84. The van der Waals surface area contributed by atoms with Crippen LogP contribution in [0.3, 0.4) is 0 Å². The monoisotopic (exact) mass is 467 g/mol. The zero-order valence-electron chi connectivity index (χ0n) is 19.6. The molecule has 2 bridgehead atoms. The molecule has 35 heavy (non-hydrogen) atoms. The first-order valence-corrected chi connectivity index (χ1v) is 12.5. The van der Waals surface area contributed by atoms with Crippen LogP contribution in [0.15, 0.2) is 72.9 Å².